The lowest BCUT2D eigenvalue weighted by Crippen LogP contribution is -2.37. The first-order chi connectivity index (χ1) is 8.70. The first kappa shape index (κ1) is 13.3. The molecule has 1 aromatic rings. The number of nitrogens with two attached hydrogens (primary N) is 1. The van der Waals surface area contributed by atoms with Gasteiger partial charge in [-0.15, -0.1) is 0 Å². The highest BCUT2D eigenvalue weighted by molar-refractivity contribution is 5.42. The van der Waals surface area contributed by atoms with E-state index < -0.39 is 0 Å². The summed E-state index contributed by atoms with van der Waals surface area (Å²) in [6.45, 7) is 4.95. The van der Waals surface area contributed by atoms with E-state index in [4.69, 9.17) is 10.5 Å². The lowest BCUT2D eigenvalue weighted by molar-refractivity contribution is 0.143. The van der Waals surface area contributed by atoms with Crippen molar-refractivity contribution in [3.63, 3.8) is 0 Å². The molecule has 1 aromatic heterocycles. The van der Waals surface area contributed by atoms with Crippen molar-refractivity contribution in [2.75, 3.05) is 31.7 Å². The van der Waals surface area contributed by atoms with Crippen molar-refractivity contribution in [1.82, 2.24) is 4.98 Å². The highest BCUT2D eigenvalue weighted by Crippen LogP contribution is 2.23. The number of piperidine rings is 1. The summed E-state index contributed by atoms with van der Waals surface area (Å²) < 4.78 is 5.26. The maximum Gasteiger partial charge on any atom is 0.128 e. The molecule has 1 aliphatic rings. The molecule has 0 aliphatic carbocycles. The van der Waals surface area contributed by atoms with E-state index in [2.05, 4.69) is 16.0 Å². The van der Waals surface area contributed by atoms with E-state index in [0.29, 0.717) is 5.92 Å². The third-order valence-corrected chi connectivity index (χ3v) is 3.54. The zero-order valence-corrected chi connectivity index (χ0v) is 11.3. The minimum atomic E-state index is 0.0614. The van der Waals surface area contributed by atoms with E-state index in [-0.39, 0.29) is 6.04 Å². The second-order valence-electron chi connectivity index (χ2n) is 5.15. The molecule has 2 N–H and O–H groups in total. The van der Waals surface area contributed by atoms with E-state index in [0.717, 1.165) is 31.1 Å². The number of methoxy groups -OCH3 is 1. The minimum absolute atomic E-state index is 0.0614. The average Bonchev–Trinajstić information content (AvgIpc) is 2.39. The molecule has 18 heavy (non-hydrogen) atoms. The minimum Gasteiger partial charge on any atom is -0.384 e. The number of hydrogen-bond donors (Lipinski definition) is 1. The van der Waals surface area contributed by atoms with E-state index in [9.17, 15) is 0 Å². The summed E-state index contributed by atoms with van der Waals surface area (Å²) in [7, 11) is 1.77. The van der Waals surface area contributed by atoms with E-state index in [1.807, 2.05) is 19.2 Å². The molecular weight excluding hydrogens is 226 g/mol. The van der Waals surface area contributed by atoms with Crippen molar-refractivity contribution in [3.8, 4) is 0 Å². The van der Waals surface area contributed by atoms with Gasteiger partial charge < -0.3 is 15.4 Å². The van der Waals surface area contributed by atoms with E-state index in [1.54, 1.807) is 7.11 Å². The molecule has 1 unspecified atom stereocenters. The molecule has 4 nitrogen and oxygen atoms in total. The third kappa shape index (κ3) is 3.21. The number of anilines is 1. The lowest BCUT2D eigenvalue weighted by atomic mass is 9.99. The van der Waals surface area contributed by atoms with Gasteiger partial charge in [0, 0.05) is 32.4 Å². The molecule has 0 radical (unpaired) electrons. The highest BCUT2D eigenvalue weighted by Gasteiger charge is 2.21. The number of aromatic nitrogens is 1. The Morgan fingerprint density at radius 3 is 3.17 bits per heavy atom. The van der Waals surface area contributed by atoms with Gasteiger partial charge in [0.15, 0.2) is 0 Å². The lowest BCUT2D eigenvalue weighted by Gasteiger charge is -2.33. The van der Waals surface area contributed by atoms with Gasteiger partial charge >= 0.3 is 0 Å². The Hall–Kier alpha value is -1.13. The Balaban J connectivity index is 2.08. The Kier molecular flexibility index (Phi) is 4.55. The van der Waals surface area contributed by atoms with Crippen molar-refractivity contribution in [2.24, 2.45) is 11.7 Å². The van der Waals surface area contributed by atoms with Crippen molar-refractivity contribution >= 4 is 5.82 Å². The predicted octanol–water partition coefficient (Wildman–Crippen LogP) is 1.96. The first-order valence-corrected chi connectivity index (χ1v) is 6.66. The molecule has 1 saturated heterocycles. The van der Waals surface area contributed by atoms with Crippen LogP contribution < -0.4 is 10.6 Å². The zero-order chi connectivity index (χ0) is 13.0. The van der Waals surface area contributed by atoms with Crippen LogP contribution in [-0.2, 0) is 4.74 Å². The Morgan fingerprint density at radius 2 is 2.44 bits per heavy atom. The van der Waals surface area contributed by atoms with Crippen LogP contribution in [0.3, 0.4) is 0 Å². The number of nitrogens with zero attached hydrogens (tertiary/aromatic N) is 2. The normalized spacial score (nSPS) is 21.9. The molecule has 0 aromatic carbocycles. The maximum atomic E-state index is 5.92. The smallest absolute Gasteiger partial charge is 0.128 e. The summed E-state index contributed by atoms with van der Waals surface area (Å²) in [5, 5.41) is 0. The van der Waals surface area contributed by atoms with Crippen LogP contribution in [0.4, 0.5) is 5.82 Å². The van der Waals surface area contributed by atoms with Crippen molar-refractivity contribution < 1.29 is 4.74 Å². The zero-order valence-electron chi connectivity index (χ0n) is 11.3. The first-order valence-electron chi connectivity index (χ1n) is 6.66. The topological polar surface area (TPSA) is 51.4 Å². The van der Waals surface area contributed by atoms with Gasteiger partial charge in [-0.1, -0.05) is 0 Å². The number of ether oxygens (including phenoxy) is 1. The van der Waals surface area contributed by atoms with Crippen LogP contribution >= 0.6 is 0 Å². The second kappa shape index (κ2) is 6.16. The van der Waals surface area contributed by atoms with Gasteiger partial charge in [-0.2, -0.15) is 0 Å². The molecule has 4 heteroatoms. The predicted molar refractivity (Wildman–Crippen MR) is 73.7 cm³/mol. The number of rotatable bonds is 4. The standard InChI is InChI=1S/C14H23N3O/c1-11(15)13-5-6-16-14(8-13)17-7-3-4-12(9-17)10-18-2/h5-6,8,11-12H,3-4,7,9-10,15H2,1-2H3/t11-,12?/m1/s1. The monoisotopic (exact) mass is 249 g/mol. The fraction of sp³-hybridized carbons (Fsp3) is 0.643. The Bertz CT molecular complexity index is 379. The quantitative estimate of drug-likeness (QED) is 0.886. The van der Waals surface area contributed by atoms with Crippen LogP contribution in [0.2, 0.25) is 0 Å². The fourth-order valence-electron chi connectivity index (χ4n) is 2.54. The molecule has 2 atom stereocenters. The highest BCUT2D eigenvalue weighted by atomic mass is 16.5. The van der Waals surface area contributed by atoms with Crippen LogP contribution in [-0.4, -0.2) is 31.8 Å². The van der Waals surface area contributed by atoms with Crippen LogP contribution in [0.5, 0.6) is 0 Å². The van der Waals surface area contributed by atoms with Gasteiger partial charge in [0.05, 0.1) is 6.61 Å². The summed E-state index contributed by atoms with van der Waals surface area (Å²) in [5.74, 6) is 1.66. The second-order valence-corrected chi connectivity index (χ2v) is 5.15. The molecule has 2 rings (SSSR count). The molecule has 0 amide bonds. The Labute approximate surface area is 109 Å². The Morgan fingerprint density at radius 1 is 1.61 bits per heavy atom. The molecular formula is C14H23N3O. The third-order valence-electron chi connectivity index (χ3n) is 3.54. The van der Waals surface area contributed by atoms with Gasteiger partial charge in [0.2, 0.25) is 0 Å². The van der Waals surface area contributed by atoms with Crippen molar-refractivity contribution in [3.05, 3.63) is 23.9 Å². The number of hydrogen-bond acceptors (Lipinski definition) is 4. The average molecular weight is 249 g/mol. The van der Waals surface area contributed by atoms with Gasteiger partial charge in [0.25, 0.3) is 0 Å². The SMILES string of the molecule is COCC1CCCN(c2cc([C@@H](C)N)ccn2)C1. The molecule has 1 fully saturated rings. The summed E-state index contributed by atoms with van der Waals surface area (Å²) in [4.78, 5) is 6.82. The summed E-state index contributed by atoms with van der Waals surface area (Å²) in [6.07, 6.45) is 4.31. The summed E-state index contributed by atoms with van der Waals surface area (Å²) in [6, 6.07) is 4.16. The van der Waals surface area contributed by atoms with Crippen molar-refractivity contribution in [2.45, 2.75) is 25.8 Å². The van der Waals surface area contributed by atoms with Crippen molar-refractivity contribution in [1.29, 1.82) is 0 Å². The van der Waals surface area contributed by atoms with Gasteiger partial charge in [0.1, 0.15) is 5.82 Å². The van der Waals surface area contributed by atoms with E-state index >= 15 is 0 Å². The fourth-order valence-corrected chi connectivity index (χ4v) is 2.54. The molecule has 100 valence electrons. The number of pyridine rings is 1. The maximum absolute atomic E-state index is 5.92. The van der Waals surface area contributed by atoms with Crippen LogP contribution in [0, 0.1) is 5.92 Å². The largest absolute Gasteiger partial charge is 0.384 e. The summed E-state index contributed by atoms with van der Waals surface area (Å²) in [5.41, 5.74) is 7.07. The molecule has 2 heterocycles. The van der Waals surface area contributed by atoms with Crippen LogP contribution in [0.15, 0.2) is 18.3 Å². The van der Waals surface area contributed by atoms with Crippen LogP contribution in [0.1, 0.15) is 31.4 Å². The molecule has 0 spiro atoms. The molecule has 0 bridgehead atoms. The van der Waals surface area contributed by atoms with Gasteiger partial charge in [-0.25, -0.2) is 4.98 Å². The van der Waals surface area contributed by atoms with Gasteiger partial charge in [-0.05, 0) is 43.4 Å². The molecule has 0 saturated carbocycles. The molecule has 1 aliphatic heterocycles. The van der Waals surface area contributed by atoms with E-state index in [1.165, 1.54) is 12.8 Å². The van der Waals surface area contributed by atoms with Gasteiger partial charge in [-0.3, -0.25) is 0 Å². The van der Waals surface area contributed by atoms with Crippen LogP contribution in [0.25, 0.3) is 0 Å². The summed E-state index contributed by atoms with van der Waals surface area (Å²) >= 11 is 0.